The molecule has 0 radical (unpaired) electrons. The second kappa shape index (κ2) is 9.10. The van der Waals surface area contributed by atoms with Crippen LogP contribution in [0.15, 0.2) is 30.6 Å². The van der Waals surface area contributed by atoms with Gasteiger partial charge in [0.1, 0.15) is 5.60 Å². The van der Waals surface area contributed by atoms with E-state index in [1.54, 1.807) is 6.20 Å². The lowest BCUT2D eigenvalue weighted by molar-refractivity contribution is -0.155. The summed E-state index contributed by atoms with van der Waals surface area (Å²) in [5.74, 6) is -0.123. The molecular formula is C23H29FN6O2. The number of rotatable bonds is 6. The van der Waals surface area contributed by atoms with Gasteiger partial charge in [-0.3, -0.25) is 9.89 Å². The first kappa shape index (κ1) is 22.0. The van der Waals surface area contributed by atoms with Crippen molar-refractivity contribution in [3.05, 3.63) is 36.4 Å². The maximum absolute atomic E-state index is 14.8. The highest BCUT2D eigenvalue weighted by Gasteiger charge is 2.28. The van der Waals surface area contributed by atoms with Crippen LogP contribution in [0.25, 0.3) is 10.9 Å². The molecule has 3 heterocycles. The minimum atomic E-state index is -0.512. The average Bonchev–Trinajstić information content (AvgIpc) is 3.21. The van der Waals surface area contributed by atoms with E-state index in [1.807, 2.05) is 43.9 Å². The topological polar surface area (TPSA) is 96.0 Å². The second-order valence-electron chi connectivity index (χ2n) is 9.13. The summed E-state index contributed by atoms with van der Waals surface area (Å²) in [5, 5.41) is 11.1. The third-order valence-electron chi connectivity index (χ3n) is 5.42. The number of hydrogen-bond acceptors (Lipinski definition) is 7. The van der Waals surface area contributed by atoms with Gasteiger partial charge >= 0.3 is 5.97 Å². The first-order valence-corrected chi connectivity index (χ1v) is 11.0. The molecule has 3 aromatic rings. The van der Waals surface area contributed by atoms with Gasteiger partial charge in [-0.25, -0.2) is 9.37 Å². The Balaban J connectivity index is 1.49. The van der Waals surface area contributed by atoms with Gasteiger partial charge in [0.05, 0.1) is 17.9 Å². The minimum Gasteiger partial charge on any atom is -0.460 e. The van der Waals surface area contributed by atoms with Crippen molar-refractivity contribution >= 4 is 34.3 Å². The largest absolute Gasteiger partial charge is 0.460 e. The summed E-state index contributed by atoms with van der Waals surface area (Å²) in [5.41, 5.74) is 1.15. The Labute approximate surface area is 186 Å². The number of H-pyrrole nitrogens is 1. The summed E-state index contributed by atoms with van der Waals surface area (Å²) < 4.78 is 20.2. The number of fused-ring (bicyclic) bond motifs is 1. The minimum absolute atomic E-state index is 0.0230. The fraction of sp³-hybridized carbons (Fsp3) is 0.478. The molecule has 0 spiro atoms. The van der Waals surface area contributed by atoms with Gasteiger partial charge < -0.3 is 15.0 Å². The second-order valence-corrected chi connectivity index (χ2v) is 9.13. The monoisotopic (exact) mass is 440 g/mol. The van der Waals surface area contributed by atoms with E-state index >= 15 is 0 Å². The Kier molecular flexibility index (Phi) is 6.25. The molecule has 0 saturated carbocycles. The van der Waals surface area contributed by atoms with Crippen molar-refractivity contribution in [3.8, 4) is 0 Å². The van der Waals surface area contributed by atoms with E-state index < -0.39 is 11.4 Å². The SMILES string of the molecule is CC(C)(C)OC(=O)CCC1CCCCN1c1nc(Nc2ccc3cn[nH]c3c2)ncc1F. The van der Waals surface area contributed by atoms with Gasteiger partial charge in [-0.05, 0) is 64.7 Å². The number of nitrogens with zero attached hydrogens (tertiary/aromatic N) is 4. The zero-order valence-corrected chi connectivity index (χ0v) is 18.7. The fourth-order valence-electron chi connectivity index (χ4n) is 4.02. The van der Waals surface area contributed by atoms with E-state index in [2.05, 4.69) is 25.5 Å². The molecule has 0 aliphatic carbocycles. The third-order valence-corrected chi connectivity index (χ3v) is 5.42. The molecule has 1 saturated heterocycles. The molecule has 8 nitrogen and oxygen atoms in total. The molecule has 32 heavy (non-hydrogen) atoms. The summed E-state index contributed by atoms with van der Waals surface area (Å²) in [6, 6.07) is 5.76. The number of ether oxygens (including phenoxy) is 1. The number of halogens is 1. The molecule has 1 unspecified atom stereocenters. The summed E-state index contributed by atoms with van der Waals surface area (Å²) in [4.78, 5) is 22.7. The lowest BCUT2D eigenvalue weighted by atomic mass is 9.98. The van der Waals surface area contributed by atoms with Crippen LogP contribution >= 0.6 is 0 Å². The van der Waals surface area contributed by atoms with Gasteiger partial charge in [-0.15, -0.1) is 0 Å². The van der Waals surface area contributed by atoms with E-state index in [0.29, 0.717) is 25.3 Å². The van der Waals surface area contributed by atoms with E-state index in [-0.39, 0.29) is 17.8 Å². The van der Waals surface area contributed by atoms with Gasteiger partial charge in [0.15, 0.2) is 11.6 Å². The number of aromatic nitrogens is 4. The number of esters is 1. The number of anilines is 3. The van der Waals surface area contributed by atoms with Crippen LogP contribution < -0.4 is 10.2 Å². The Morgan fingerprint density at radius 3 is 2.97 bits per heavy atom. The standard InChI is InChI=1S/C23H29FN6O2/c1-23(2,3)32-20(31)10-9-17-6-4-5-11-30(17)21-18(24)14-25-22(28-21)27-16-8-7-15-13-26-29-19(15)12-16/h7-8,12-14,17H,4-6,9-11H2,1-3H3,(H,26,29)(H,25,27,28). The zero-order valence-electron chi connectivity index (χ0n) is 18.7. The molecule has 170 valence electrons. The number of benzene rings is 1. The molecule has 9 heteroatoms. The number of hydrogen-bond donors (Lipinski definition) is 2. The number of nitrogens with one attached hydrogen (secondary N) is 2. The maximum atomic E-state index is 14.8. The number of carbonyl (C=O) groups excluding carboxylic acids is 1. The van der Waals surface area contributed by atoms with Crippen molar-refractivity contribution in [2.75, 3.05) is 16.8 Å². The van der Waals surface area contributed by atoms with Crippen LogP contribution in [0.3, 0.4) is 0 Å². The van der Waals surface area contributed by atoms with Crippen LogP contribution in [0.2, 0.25) is 0 Å². The molecule has 1 aliphatic rings. The first-order valence-electron chi connectivity index (χ1n) is 11.0. The summed E-state index contributed by atoms with van der Waals surface area (Å²) in [7, 11) is 0. The van der Waals surface area contributed by atoms with Gasteiger partial charge in [-0.2, -0.15) is 10.1 Å². The van der Waals surface area contributed by atoms with E-state index in [9.17, 15) is 9.18 Å². The van der Waals surface area contributed by atoms with Crippen LogP contribution in [-0.4, -0.2) is 44.3 Å². The van der Waals surface area contributed by atoms with Crippen molar-refractivity contribution in [1.29, 1.82) is 0 Å². The van der Waals surface area contributed by atoms with Crippen LogP contribution in [0.4, 0.5) is 21.8 Å². The van der Waals surface area contributed by atoms with Gasteiger partial charge in [0.25, 0.3) is 0 Å². The normalized spacial score (nSPS) is 16.9. The van der Waals surface area contributed by atoms with Crippen LogP contribution in [0, 0.1) is 5.82 Å². The van der Waals surface area contributed by atoms with Crippen molar-refractivity contribution < 1.29 is 13.9 Å². The molecular weight excluding hydrogens is 411 g/mol. The molecule has 1 atom stereocenters. The smallest absolute Gasteiger partial charge is 0.306 e. The molecule has 2 aromatic heterocycles. The predicted molar refractivity (Wildman–Crippen MR) is 121 cm³/mol. The zero-order chi connectivity index (χ0) is 22.7. The van der Waals surface area contributed by atoms with Crippen LogP contribution in [0.1, 0.15) is 52.9 Å². The molecule has 2 N–H and O–H groups in total. The van der Waals surface area contributed by atoms with Crippen LogP contribution in [0.5, 0.6) is 0 Å². The van der Waals surface area contributed by atoms with Crippen molar-refractivity contribution in [2.24, 2.45) is 0 Å². The summed E-state index contributed by atoms with van der Waals surface area (Å²) >= 11 is 0. The first-order chi connectivity index (χ1) is 15.3. The Morgan fingerprint density at radius 1 is 1.31 bits per heavy atom. The van der Waals surface area contributed by atoms with Crippen molar-refractivity contribution in [2.45, 2.75) is 64.5 Å². The molecule has 0 bridgehead atoms. The molecule has 1 aliphatic heterocycles. The molecule has 1 aromatic carbocycles. The highest BCUT2D eigenvalue weighted by Crippen LogP contribution is 2.29. The molecule has 4 rings (SSSR count). The maximum Gasteiger partial charge on any atom is 0.306 e. The fourth-order valence-corrected chi connectivity index (χ4v) is 4.02. The lowest BCUT2D eigenvalue weighted by Crippen LogP contribution is -2.41. The van der Waals surface area contributed by atoms with E-state index in [1.165, 1.54) is 6.20 Å². The number of aromatic amines is 1. The quantitative estimate of drug-likeness (QED) is 0.536. The van der Waals surface area contributed by atoms with E-state index in [4.69, 9.17) is 4.74 Å². The van der Waals surface area contributed by atoms with Gasteiger partial charge in [0, 0.05) is 30.1 Å². The number of carbonyl (C=O) groups is 1. The summed E-state index contributed by atoms with van der Waals surface area (Å²) in [6.45, 7) is 6.25. The average molecular weight is 441 g/mol. The lowest BCUT2D eigenvalue weighted by Gasteiger charge is -2.37. The van der Waals surface area contributed by atoms with Crippen LogP contribution in [-0.2, 0) is 9.53 Å². The Hall–Kier alpha value is -3.23. The molecule has 0 amide bonds. The Bertz CT molecular complexity index is 1090. The predicted octanol–water partition coefficient (Wildman–Crippen LogP) is 4.72. The molecule has 1 fully saturated rings. The van der Waals surface area contributed by atoms with Crippen molar-refractivity contribution in [3.63, 3.8) is 0 Å². The van der Waals surface area contributed by atoms with Crippen molar-refractivity contribution in [1.82, 2.24) is 20.2 Å². The highest BCUT2D eigenvalue weighted by molar-refractivity contribution is 5.82. The third kappa shape index (κ3) is 5.33. The van der Waals surface area contributed by atoms with E-state index in [0.717, 1.165) is 35.9 Å². The van der Waals surface area contributed by atoms with Gasteiger partial charge in [0.2, 0.25) is 5.95 Å². The summed E-state index contributed by atoms with van der Waals surface area (Å²) in [6.07, 6.45) is 6.70. The Morgan fingerprint density at radius 2 is 2.16 bits per heavy atom. The number of piperidine rings is 1. The highest BCUT2D eigenvalue weighted by atomic mass is 19.1. The van der Waals surface area contributed by atoms with Gasteiger partial charge in [-0.1, -0.05) is 0 Å².